The largest absolute Gasteiger partial charge is 0.472 e. The molecule has 0 radical (unpaired) electrons. The topological polar surface area (TPSA) is 237 Å². The van der Waals surface area contributed by atoms with Gasteiger partial charge in [-0.2, -0.15) is 0 Å². The van der Waals surface area contributed by atoms with E-state index in [2.05, 4.69) is 88.5 Å². The highest BCUT2D eigenvalue weighted by Crippen LogP contribution is 2.45. The van der Waals surface area contributed by atoms with Gasteiger partial charge < -0.3 is 33.8 Å². The highest BCUT2D eigenvalue weighted by Gasteiger charge is 2.30. The molecule has 536 valence electrons. The summed E-state index contributed by atoms with van der Waals surface area (Å²) in [5.74, 6) is -2.21. The number of aliphatic hydroxyl groups excluding tert-OH is 1. The molecular formula is C73H132O17P2. The summed E-state index contributed by atoms with van der Waals surface area (Å²) in [4.78, 5) is 72.6. The summed E-state index contributed by atoms with van der Waals surface area (Å²) in [7, 11) is -9.93. The van der Waals surface area contributed by atoms with Crippen molar-refractivity contribution in [3.63, 3.8) is 0 Å². The monoisotopic (exact) mass is 1340 g/mol. The van der Waals surface area contributed by atoms with Crippen LogP contribution in [-0.4, -0.2) is 96.7 Å². The molecule has 0 fully saturated rings. The second-order valence-electron chi connectivity index (χ2n) is 24.5. The van der Waals surface area contributed by atoms with Gasteiger partial charge in [-0.05, 0) is 89.9 Å². The van der Waals surface area contributed by atoms with Crippen LogP contribution in [0, 0.1) is 0 Å². The number of phosphoric acid groups is 2. The zero-order valence-corrected chi connectivity index (χ0v) is 60.0. The number of carbonyl (C=O) groups excluding carboxylic acids is 4. The van der Waals surface area contributed by atoms with E-state index in [1.807, 2.05) is 0 Å². The van der Waals surface area contributed by atoms with E-state index in [9.17, 15) is 43.2 Å². The fourth-order valence-corrected chi connectivity index (χ4v) is 11.5. The fraction of sp³-hybridized carbons (Fsp3) is 0.808. The van der Waals surface area contributed by atoms with E-state index in [0.29, 0.717) is 25.7 Å². The van der Waals surface area contributed by atoms with Gasteiger partial charge in [0, 0.05) is 25.7 Å². The van der Waals surface area contributed by atoms with E-state index in [1.165, 1.54) is 116 Å². The first-order valence-electron chi connectivity index (χ1n) is 36.5. The van der Waals surface area contributed by atoms with E-state index in [-0.39, 0.29) is 25.7 Å². The van der Waals surface area contributed by atoms with E-state index >= 15 is 0 Å². The molecule has 0 aromatic carbocycles. The standard InChI is InChI=1S/C73H132O17P2/c1-5-9-13-17-21-25-29-32-33-36-39-42-46-50-54-58-71(76)84-64-69(90-73(78)60-56-52-48-44-40-35-31-27-23-19-15-11-7-3)66-88-92(81,82)86-62-67(74)61-85-91(79,80)87-65-68(89-72(77)59-55-51-47-43-37-28-24-20-16-12-8-4)63-83-70(75)57-53-49-45-41-38-34-30-26-22-18-14-10-6-2/h9,13,21,25-26,30,32-33,39,42,67-69,74H,5-8,10-12,14-20,22-24,27-29,31,34-38,40-41,43-66H2,1-4H3,(H,79,80)(H,81,82)/b13-9-,25-21-,30-26-,33-32-,42-39-. The smallest absolute Gasteiger partial charge is 0.462 e. The van der Waals surface area contributed by atoms with Crippen molar-refractivity contribution in [1.82, 2.24) is 0 Å². The van der Waals surface area contributed by atoms with Crippen molar-refractivity contribution < 1.29 is 80.2 Å². The van der Waals surface area contributed by atoms with Crippen LogP contribution in [-0.2, 0) is 65.4 Å². The summed E-state index contributed by atoms with van der Waals surface area (Å²) in [5, 5.41) is 10.6. The predicted molar refractivity (Wildman–Crippen MR) is 372 cm³/mol. The maximum absolute atomic E-state index is 13.0. The van der Waals surface area contributed by atoms with Gasteiger partial charge in [0.25, 0.3) is 0 Å². The molecule has 0 amide bonds. The lowest BCUT2D eigenvalue weighted by molar-refractivity contribution is -0.161. The van der Waals surface area contributed by atoms with E-state index in [1.54, 1.807) is 0 Å². The molecule has 0 aliphatic heterocycles. The first-order valence-corrected chi connectivity index (χ1v) is 39.5. The number of esters is 4. The number of aliphatic hydroxyl groups is 1. The molecule has 0 aliphatic rings. The number of ether oxygens (including phenoxy) is 4. The number of rotatable bonds is 69. The SMILES string of the molecule is CC/C=C\C/C=C\C/C=C\C/C=C\CCCCC(=O)OCC(COP(=O)(O)OCC(O)COP(=O)(O)OCC(COC(=O)CCCCCCC/C=C\CCCCCC)OC(=O)CCCCCCCCCCCCC)OC(=O)CCCCCCCCCCCCCCC. The second kappa shape index (κ2) is 66.4. The highest BCUT2D eigenvalue weighted by molar-refractivity contribution is 7.47. The van der Waals surface area contributed by atoms with E-state index in [0.717, 1.165) is 128 Å². The Morgan fingerprint density at radius 3 is 0.913 bits per heavy atom. The molecule has 0 saturated heterocycles. The van der Waals surface area contributed by atoms with Gasteiger partial charge in [-0.1, -0.05) is 268 Å². The first-order chi connectivity index (χ1) is 44.7. The van der Waals surface area contributed by atoms with E-state index < -0.39 is 97.5 Å². The summed E-state index contributed by atoms with van der Waals surface area (Å²) < 4.78 is 68.3. The molecule has 19 heteroatoms. The van der Waals surface area contributed by atoms with Crippen molar-refractivity contribution in [2.75, 3.05) is 39.6 Å². The first kappa shape index (κ1) is 88.8. The van der Waals surface area contributed by atoms with Crippen molar-refractivity contribution in [2.24, 2.45) is 0 Å². The average Bonchev–Trinajstić information content (AvgIpc) is 2.73. The summed E-state index contributed by atoms with van der Waals surface area (Å²) in [6.45, 7) is 4.71. The summed E-state index contributed by atoms with van der Waals surface area (Å²) in [6, 6.07) is 0. The third-order valence-corrected chi connectivity index (χ3v) is 17.4. The Labute approximate surface area is 559 Å². The van der Waals surface area contributed by atoms with Gasteiger partial charge in [0.05, 0.1) is 26.4 Å². The fourth-order valence-electron chi connectivity index (χ4n) is 9.91. The minimum absolute atomic E-state index is 0.0916. The Morgan fingerprint density at radius 2 is 0.565 bits per heavy atom. The molecule has 0 bridgehead atoms. The normalized spacial score (nSPS) is 14.4. The molecule has 3 N–H and O–H groups in total. The number of phosphoric ester groups is 2. The number of hydrogen-bond donors (Lipinski definition) is 3. The molecule has 5 unspecified atom stereocenters. The number of unbranched alkanes of at least 4 members (excludes halogenated alkanes) is 33. The van der Waals surface area contributed by atoms with Crippen LogP contribution in [0.15, 0.2) is 60.8 Å². The minimum atomic E-state index is -4.97. The Morgan fingerprint density at radius 1 is 0.315 bits per heavy atom. The third-order valence-electron chi connectivity index (χ3n) is 15.5. The molecule has 17 nitrogen and oxygen atoms in total. The highest BCUT2D eigenvalue weighted by atomic mass is 31.2. The van der Waals surface area contributed by atoms with Crippen LogP contribution >= 0.6 is 15.6 Å². The predicted octanol–water partition coefficient (Wildman–Crippen LogP) is 20.3. The molecule has 92 heavy (non-hydrogen) atoms. The van der Waals surface area contributed by atoms with Gasteiger partial charge in [0.15, 0.2) is 12.2 Å². The molecule has 0 heterocycles. The Bertz CT molecular complexity index is 1990. The van der Waals surface area contributed by atoms with Crippen LogP contribution in [0.5, 0.6) is 0 Å². The Kier molecular flexibility index (Phi) is 64.0. The van der Waals surface area contributed by atoms with Crippen molar-refractivity contribution in [1.29, 1.82) is 0 Å². The van der Waals surface area contributed by atoms with Crippen LogP contribution in [0.25, 0.3) is 0 Å². The van der Waals surface area contributed by atoms with Crippen molar-refractivity contribution in [3.05, 3.63) is 60.8 Å². The maximum Gasteiger partial charge on any atom is 0.472 e. The van der Waals surface area contributed by atoms with Gasteiger partial charge in [0.2, 0.25) is 0 Å². The van der Waals surface area contributed by atoms with Gasteiger partial charge in [-0.3, -0.25) is 37.3 Å². The van der Waals surface area contributed by atoms with Crippen LogP contribution in [0.3, 0.4) is 0 Å². The van der Waals surface area contributed by atoms with Crippen LogP contribution in [0.2, 0.25) is 0 Å². The van der Waals surface area contributed by atoms with Crippen molar-refractivity contribution >= 4 is 39.5 Å². The second-order valence-corrected chi connectivity index (χ2v) is 27.4. The zero-order valence-electron chi connectivity index (χ0n) is 58.2. The average molecular weight is 1340 g/mol. The van der Waals surface area contributed by atoms with Gasteiger partial charge in [-0.25, -0.2) is 9.13 Å². The molecule has 0 aromatic rings. The summed E-state index contributed by atoms with van der Waals surface area (Å²) >= 11 is 0. The van der Waals surface area contributed by atoms with Crippen molar-refractivity contribution in [2.45, 2.75) is 341 Å². The molecule has 0 rings (SSSR count). The van der Waals surface area contributed by atoms with Gasteiger partial charge in [0.1, 0.15) is 19.3 Å². The lowest BCUT2D eigenvalue weighted by Gasteiger charge is -2.21. The molecule has 5 atom stereocenters. The molecule has 0 aromatic heterocycles. The maximum atomic E-state index is 13.0. The number of hydrogen-bond acceptors (Lipinski definition) is 15. The van der Waals surface area contributed by atoms with Gasteiger partial charge >= 0.3 is 39.5 Å². The number of allylic oxidation sites excluding steroid dienone is 10. The summed E-state index contributed by atoms with van der Waals surface area (Å²) in [6.07, 6.45) is 62.3. The summed E-state index contributed by atoms with van der Waals surface area (Å²) in [5.41, 5.74) is 0. The van der Waals surface area contributed by atoms with Crippen LogP contribution in [0.4, 0.5) is 0 Å². The Balaban J connectivity index is 5.33. The molecule has 0 aliphatic carbocycles. The molecular weight excluding hydrogens is 1210 g/mol. The zero-order chi connectivity index (χ0) is 67.5. The van der Waals surface area contributed by atoms with Crippen LogP contribution < -0.4 is 0 Å². The Hall–Kier alpha value is -3.24. The quantitative estimate of drug-likeness (QED) is 0.0169. The van der Waals surface area contributed by atoms with Gasteiger partial charge in [-0.15, -0.1) is 0 Å². The van der Waals surface area contributed by atoms with E-state index in [4.69, 9.17) is 37.0 Å². The van der Waals surface area contributed by atoms with Crippen LogP contribution in [0.1, 0.15) is 323 Å². The van der Waals surface area contributed by atoms with Crippen molar-refractivity contribution in [3.8, 4) is 0 Å². The number of carbonyl (C=O) groups is 4. The lowest BCUT2D eigenvalue weighted by Crippen LogP contribution is -2.30. The lowest BCUT2D eigenvalue weighted by atomic mass is 10.0. The minimum Gasteiger partial charge on any atom is -0.462 e. The molecule has 0 saturated carbocycles. The molecule has 0 spiro atoms. The third kappa shape index (κ3) is 65.4.